The Morgan fingerprint density at radius 3 is 2.69 bits per heavy atom. The van der Waals surface area contributed by atoms with E-state index in [1.165, 1.54) is 25.0 Å². The van der Waals surface area contributed by atoms with E-state index < -0.39 is 0 Å². The fourth-order valence-electron chi connectivity index (χ4n) is 2.80. The van der Waals surface area contributed by atoms with Crippen LogP contribution in [0.25, 0.3) is 0 Å². The van der Waals surface area contributed by atoms with E-state index in [0.717, 1.165) is 13.2 Å². The van der Waals surface area contributed by atoms with Crippen molar-refractivity contribution in [2.24, 2.45) is 5.92 Å². The maximum Gasteiger partial charge on any atom is 0.0684 e. The lowest BCUT2D eigenvalue weighted by Gasteiger charge is -2.40. The summed E-state index contributed by atoms with van der Waals surface area (Å²) in [6.07, 6.45) is 2.57. The van der Waals surface area contributed by atoms with Crippen LogP contribution >= 0.6 is 0 Å². The number of nitrogens with one attached hydrogen (secondary N) is 1. The lowest BCUT2D eigenvalue weighted by molar-refractivity contribution is 0.272. The first-order chi connectivity index (χ1) is 7.61. The molecule has 1 fully saturated rings. The summed E-state index contributed by atoms with van der Waals surface area (Å²) in [7, 11) is 0. The Morgan fingerprint density at radius 2 is 2.06 bits per heavy atom. The van der Waals surface area contributed by atoms with E-state index in [1.807, 2.05) is 0 Å². The van der Waals surface area contributed by atoms with Gasteiger partial charge in [-0.05, 0) is 43.8 Å². The summed E-state index contributed by atoms with van der Waals surface area (Å²) in [6.45, 7) is 12.4. The summed E-state index contributed by atoms with van der Waals surface area (Å²) in [5.74, 6) is 0.651. The van der Waals surface area contributed by atoms with Gasteiger partial charge in [-0.2, -0.15) is 0 Å². The summed E-state index contributed by atoms with van der Waals surface area (Å²) in [5, 5.41) is 3.52. The molecule has 0 aromatic rings. The van der Waals surface area contributed by atoms with Crippen LogP contribution < -0.4 is 5.32 Å². The maximum atomic E-state index is 3.52. The highest BCUT2D eigenvalue weighted by Crippen LogP contribution is 2.34. The number of allylic oxidation sites excluding steroid dienone is 2. The van der Waals surface area contributed by atoms with Gasteiger partial charge in [-0.25, -0.2) is 0 Å². The van der Waals surface area contributed by atoms with Crippen LogP contribution in [-0.4, -0.2) is 24.7 Å². The summed E-state index contributed by atoms with van der Waals surface area (Å²) in [6, 6.07) is 0. The standard InChI is InChI=1S/C14H24N2/c1-10(2)12-6-5-7-16-9-15-8-13(11(3)4)14(12)16/h11,15H,5-9H2,1-4H3. The van der Waals surface area contributed by atoms with Crippen molar-refractivity contribution in [3.05, 3.63) is 22.4 Å². The zero-order chi connectivity index (χ0) is 11.7. The third-order valence-electron chi connectivity index (χ3n) is 3.68. The second kappa shape index (κ2) is 4.62. The predicted molar refractivity (Wildman–Crippen MR) is 69.0 cm³/mol. The van der Waals surface area contributed by atoms with Crippen molar-refractivity contribution in [2.45, 2.75) is 40.5 Å². The van der Waals surface area contributed by atoms with E-state index in [-0.39, 0.29) is 0 Å². The molecule has 90 valence electrons. The average Bonchev–Trinajstić information content (AvgIpc) is 2.27. The molecule has 0 unspecified atom stereocenters. The minimum Gasteiger partial charge on any atom is -0.359 e. The molecule has 0 aromatic heterocycles. The first-order valence-corrected chi connectivity index (χ1v) is 6.46. The minimum atomic E-state index is 0.651. The molecule has 0 amide bonds. The monoisotopic (exact) mass is 220 g/mol. The van der Waals surface area contributed by atoms with Gasteiger partial charge < -0.3 is 4.90 Å². The predicted octanol–water partition coefficient (Wildman–Crippen LogP) is 2.89. The van der Waals surface area contributed by atoms with Crippen LogP contribution in [-0.2, 0) is 0 Å². The lowest BCUT2D eigenvalue weighted by atomic mass is 9.88. The Kier molecular flexibility index (Phi) is 3.38. The molecule has 16 heavy (non-hydrogen) atoms. The molecule has 0 radical (unpaired) electrons. The van der Waals surface area contributed by atoms with Gasteiger partial charge >= 0.3 is 0 Å². The van der Waals surface area contributed by atoms with Crippen LogP contribution in [0, 0.1) is 5.92 Å². The van der Waals surface area contributed by atoms with Crippen LogP contribution in [0.15, 0.2) is 22.4 Å². The summed E-state index contributed by atoms with van der Waals surface area (Å²) >= 11 is 0. The minimum absolute atomic E-state index is 0.651. The van der Waals surface area contributed by atoms with Crippen molar-refractivity contribution in [2.75, 3.05) is 19.8 Å². The second-order valence-corrected chi connectivity index (χ2v) is 5.46. The molecule has 2 nitrogen and oxygen atoms in total. The Labute approximate surface area is 99.4 Å². The van der Waals surface area contributed by atoms with E-state index in [4.69, 9.17) is 0 Å². The summed E-state index contributed by atoms with van der Waals surface area (Å²) < 4.78 is 0. The molecule has 2 rings (SSSR count). The number of hydrogen-bond acceptors (Lipinski definition) is 2. The van der Waals surface area contributed by atoms with Crippen LogP contribution in [0.5, 0.6) is 0 Å². The van der Waals surface area contributed by atoms with Crippen LogP contribution in [0.3, 0.4) is 0 Å². The fourth-order valence-corrected chi connectivity index (χ4v) is 2.80. The van der Waals surface area contributed by atoms with Crippen LogP contribution in [0.2, 0.25) is 0 Å². The van der Waals surface area contributed by atoms with Crippen molar-refractivity contribution < 1.29 is 0 Å². The number of nitrogens with zero attached hydrogens (tertiary/aromatic N) is 1. The summed E-state index contributed by atoms with van der Waals surface area (Å²) in [4.78, 5) is 2.53. The molecule has 2 heterocycles. The molecule has 1 N–H and O–H groups in total. The molecule has 2 aliphatic heterocycles. The zero-order valence-electron chi connectivity index (χ0n) is 11.1. The molecule has 2 heteroatoms. The SMILES string of the molecule is CC(C)=C1CCCN2CNCC(C(C)C)=C12. The molecular weight excluding hydrogens is 196 g/mol. The van der Waals surface area contributed by atoms with Gasteiger partial charge in [0, 0.05) is 18.8 Å². The smallest absolute Gasteiger partial charge is 0.0684 e. The third kappa shape index (κ3) is 2.03. The zero-order valence-corrected chi connectivity index (χ0v) is 11.1. The van der Waals surface area contributed by atoms with Crippen molar-refractivity contribution >= 4 is 0 Å². The van der Waals surface area contributed by atoms with Gasteiger partial charge in [-0.1, -0.05) is 19.4 Å². The highest BCUT2D eigenvalue weighted by atomic mass is 15.3. The lowest BCUT2D eigenvalue weighted by Crippen LogP contribution is -2.44. The van der Waals surface area contributed by atoms with E-state index in [1.54, 1.807) is 16.8 Å². The Bertz CT molecular complexity index is 333. The van der Waals surface area contributed by atoms with Crippen molar-refractivity contribution in [1.82, 2.24) is 10.2 Å². The van der Waals surface area contributed by atoms with Crippen molar-refractivity contribution in [3.8, 4) is 0 Å². The van der Waals surface area contributed by atoms with Gasteiger partial charge in [-0.3, -0.25) is 5.32 Å². The van der Waals surface area contributed by atoms with E-state index >= 15 is 0 Å². The molecule has 2 aliphatic rings. The topological polar surface area (TPSA) is 15.3 Å². The molecule has 1 saturated heterocycles. The van der Waals surface area contributed by atoms with E-state index in [0.29, 0.717) is 5.92 Å². The van der Waals surface area contributed by atoms with Crippen molar-refractivity contribution in [1.29, 1.82) is 0 Å². The Morgan fingerprint density at radius 1 is 1.31 bits per heavy atom. The van der Waals surface area contributed by atoms with E-state index in [9.17, 15) is 0 Å². The number of rotatable bonds is 1. The molecule has 0 aliphatic carbocycles. The summed E-state index contributed by atoms with van der Waals surface area (Å²) in [5.41, 5.74) is 6.28. The highest BCUT2D eigenvalue weighted by Gasteiger charge is 2.27. The second-order valence-electron chi connectivity index (χ2n) is 5.46. The number of hydrogen-bond donors (Lipinski definition) is 1. The fraction of sp³-hybridized carbons (Fsp3) is 0.714. The average molecular weight is 220 g/mol. The molecule has 0 spiro atoms. The Hall–Kier alpha value is -0.760. The quantitative estimate of drug-likeness (QED) is 0.731. The Balaban J connectivity index is 2.47. The van der Waals surface area contributed by atoms with Crippen LogP contribution in [0.1, 0.15) is 40.5 Å². The maximum absolute atomic E-state index is 3.52. The van der Waals surface area contributed by atoms with Gasteiger partial charge in [0.15, 0.2) is 0 Å². The largest absolute Gasteiger partial charge is 0.359 e. The van der Waals surface area contributed by atoms with Gasteiger partial charge in [0.25, 0.3) is 0 Å². The molecular formula is C14H24N2. The first kappa shape index (κ1) is 11.7. The molecule has 0 bridgehead atoms. The van der Waals surface area contributed by atoms with Crippen LogP contribution in [0.4, 0.5) is 0 Å². The van der Waals surface area contributed by atoms with Gasteiger partial charge in [0.1, 0.15) is 0 Å². The molecule has 0 atom stereocenters. The normalized spacial score (nSPS) is 21.6. The van der Waals surface area contributed by atoms with Crippen molar-refractivity contribution in [3.63, 3.8) is 0 Å². The highest BCUT2D eigenvalue weighted by molar-refractivity contribution is 5.41. The first-order valence-electron chi connectivity index (χ1n) is 6.46. The van der Waals surface area contributed by atoms with Gasteiger partial charge in [0.05, 0.1) is 6.67 Å². The number of fused-ring (bicyclic) bond motifs is 1. The van der Waals surface area contributed by atoms with Gasteiger partial charge in [-0.15, -0.1) is 0 Å². The van der Waals surface area contributed by atoms with Gasteiger partial charge in [0.2, 0.25) is 0 Å². The molecule has 0 aromatic carbocycles. The molecule has 0 saturated carbocycles. The number of piperidine rings is 1. The van der Waals surface area contributed by atoms with E-state index in [2.05, 4.69) is 37.9 Å². The third-order valence-corrected chi connectivity index (χ3v) is 3.68.